The molecule has 1 N–H and O–H groups in total. The van der Waals surface area contributed by atoms with E-state index >= 15 is 0 Å². The number of amides is 1. The van der Waals surface area contributed by atoms with Crippen LogP contribution < -0.4 is 5.32 Å². The number of hydrogen-bond acceptors (Lipinski definition) is 4. The molecule has 0 saturated carbocycles. The number of aromatic nitrogens is 1. The quantitative estimate of drug-likeness (QED) is 0.316. The van der Waals surface area contributed by atoms with E-state index in [1.807, 2.05) is 55.5 Å². The average Bonchev–Trinajstić information content (AvgIpc) is 3.21. The van der Waals surface area contributed by atoms with Crippen LogP contribution in [0.5, 0.6) is 0 Å². The topological polar surface area (TPSA) is 42.0 Å². The minimum atomic E-state index is -0.0855. The molecule has 3 nitrogen and oxygen atoms in total. The van der Waals surface area contributed by atoms with Gasteiger partial charge in [-0.05, 0) is 30.2 Å². The van der Waals surface area contributed by atoms with Crippen molar-refractivity contribution in [3.8, 4) is 21.7 Å². The van der Waals surface area contributed by atoms with Crippen LogP contribution in [0.25, 0.3) is 21.7 Å². The van der Waals surface area contributed by atoms with E-state index in [1.54, 1.807) is 17.4 Å². The minimum absolute atomic E-state index is 0.0855. The minimum Gasteiger partial charge on any atom is -0.325 e. The lowest BCUT2D eigenvalue weighted by Gasteiger charge is -2.06. The molecule has 0 unspecified atom stereocenters. The average molecular weight is 451 g/mol. The van der Waals surface area contributed by atoms with Crippen LogP contribution >= 0.6 is 34.7 Å². The van der Waals surface area contributed by atoms with Crippen LogP contribution in [-0.4, -0.2) is 16.6 Å². The highest BCUT2D eigenvalue weighted by Crippen LogP contribution is 2.40. The molecule has 0 atom stereocenters. The Balaban J connectivity index is 1.52. The maximum absolute atomic E-state index is 12.4. The van der Waals surface area contributed by atoms with Crippen molar-refractivity contribution in [3.63, 3.8) is 0 Å². The second kappa shape index (κ2) is 9.47. The van der Waals surface area contributed by atoms with Crippen molar-refractivity contribution in [2.24, 2.45) is 0 Å². The van der Waals surface area contributed by atoms with Crippen LogP contribution in [0.3, 0.4) is 0 Å². The molecule has 30 heavy (non-hydrogen) atoms. The van der Waals surface area contributed by atoms with Crippen molar-refractivity contribution >= 4 is 46.3 Å². The second-order valence-corrected chi connectivity index (χ2v) is 9.32. The smallest absolute Gasteiger partial charge is 0.234 e. The number of benzene rings is 3. The number of aryl methyl sites for hydroxylation is 1. The second-order valence-electron chi connectivity index (χ2n) is 6.69. The third-order valence-electron chi connectivity index (χ3n) is 4.47. The van der Waals surface area contributed by atoms with Crippen molar-refractivity contribution in [1.82, 2.24) is 4.98 Å². The number of carbonyl (C=O) groups is 1. The van der Waals surface area contributed by atoms with Gasteiger partial charge in [-0.15, -0.1) is 11.3 Å². The Hall–Kier alpha value is -2.60. The first-order chi connectivity index (χ1) is 14.6. The summed E-state index contributed by atoms with van der Waals surface area (Å²) in [7, 11) is 0. The first kappa shape index (κ1) is 20.7. The molecule has 0 spiro atoms. The Bertz CT molecular complexity index is 1100. The molecule has 4 rings (SSSR count). The Morgan fingerprint density at radius 2 is 1.67 bits per heavy atom. The molecule has 1 heterocycles. The molecular weight excluding hydrogens is 432 g/mol. The third-order valence-corrected chi connectivity index (χ3v) is 7.13. The molecule has 0 fully saturated rings. The van der Waals surface area contributed by atoms with E-state index < -0.39 is 0 Å². The zero-order valence-corrected chi connectivity index (χ0v) is 18.7. The molecule has 0 aliphatic heterocycles. The normalized spacial score (nSPS) is 10.7. The molecule has 0 bridgehead atoms. The summed E-state index contributed by atoms with van der Waals surface area (Å²) >= 11 is 9.19. The fraction of sp³-hybridized carbons (Fsp3) is 0.0833. The highest BCUT2D eigenvalue weighted by atomic mass is 35.5. The van der Waals surface area contributed by atoms with E-state index in [9.17, 15) is 4.79 Å². The van der Waals surface area contributed by atoms with E-state index in [2.05, 4.69) is 29.6 Å². The summed E-state index contributed by atoms with van der Waals surface area (Å²) in [4.78, 5) is 18.4. The molecule has 0 aliphatic rings. The molecule has 0 aliphatic carbocycles. The highest BCUT2D eigenvalue weighted by Gasteiger charge is 2.16. The molecule has 3 aromatic carbocycles. The van der Waals surface area contributed by atoms with Crippen LogP contribution in [0.2, 0.25) is 5.02 Å². The Morgan fingerprint density at radius 1 is 1.00 bits per heavy atom. The largest absolute Gasteiger partial charge is 0.325 e. The van der Waals surface area contributed by atoms with Gasteiger partial charge >= 0.3 is 0 Å². The maximum atomic E-state index is 12.4. The molecule has 6 heteroatoms. The van der Waals surface area contributed by atoms with Crippen molar-refractivity contribution in [2.45, 2.75) is 11.3 Å². The van der Waals surface area contributed by atoms with E-state index in [0.717, 1.165) is 31.6 Å². The molecule has 0 saturated heterocycles. The van der Waals surface area contributed by atoms with Gasteiger partial charge in [-0.1, -0.05) is 90.1 Å². The van der Waals surface area contributed by atoms with E-state index in [0.29, 0.717) is 10.7 Å². The molecule has 4 aromatic rings. The van der Waals surface area contributed by atoms with Crippen molar-refractivity contribution in [1.29, 1.82) is 0 Å². The standard InChI is InChI=1S/C24H19ClN2OS2/c1-16-12-13-19(14-20(16)25)26-21(28)15-29-24-27-22(17-8-4-2-5-9-17)23(30-24)18-10-6-3-7-11-18/h2-14H,15H2,1H3,(H,26,28). The lowest BCUT2D eigenvalue weighted by molar-refractivity contribution is -0.113. The van der Waals surface area contributed by atoms with E-state index in [4.69, 9.17) is 16.6 Å². The molecule has 0 radical (unpaired) electrons. The molecule has 150 valence electrons. The summed E-state index contributed by atoms with van der Waals surface area (Å²) in [6.45, 7) is 1.93. The van der Waals surface area contributed by atoms with Gasteiger partial charge in [0.15, 0.2) is 4.34 Å². The zero-order chi connectivity index (χ0) is 20.9. The van der Waals surface area contributed by atoms with Crippen LogP contribution in [-0.2, 0) is 4.79 Å². The van der Waals surface area contributed by atoms with Gasteiger partial charge in [-0.3, -0.25) is 4.79 Å². The number of anilines is 1. The first-order valence-electron chi connectivity index (χ1n) is 9.40. The van der Waals surface area contributed by atoms with Crippen LogP contribution in [0, 0.1) is 6.92 Å². The summed E-state index contributed by atoms with van der Waals surface area (Å²) in [5, 5.41) is 3.54. The number of rotatable bonds is 6. The predicted octanol–water partition coefficient (Wildman–Crippen LogP) is 7.17. The Kier molecular flexibility index (Phi) is 6.53. The highest BCUT2D eigenvalue weighted by molar-refractivity contribution is 8.01. The van der Waals surface area contributed by atoms with Gasteiger partial charge in [0.2, 0.25) is 5.91 Å². The van der Waals surface area contributed by atoms with Crippen LogP contribution in [0.15, 0.2) is 83.2 Å². The number of nitrogens with zero attached hydrogens (tertiary/aromatic N) is 1. The van der Waals surface area contributed by atoms with Crippen molar-refractivity contribution < 1.29 is 4.79 Å². The van der Waals surface area contributed by atoms with Gasteiger partial charge < -0.3 is 5.32 Å². The summed E-state index contributed by atoms with van der Waals surface area (Å²) < 4.78 is 0.866. The summed E-state index contributed by atoms with van der Waals surface area (Å²) in [6, 6.07) is 25.9. The predicted molar refractivity (Wildman–Crippen MR) is 129 cm³/mol. The number of thioether (sulfide) groups is 1. The van der Waals surface area contributed by atoms with E-state index in [-0.39, 0.29) is 11.7 Å². The fourth-order valence-electron chi connectivity index (χ4n) is 2.93. The number of thiazole rings is 1. The summed E-state index contributed by atoms with van der Waals surface area (Å²) in [5.41, 5.74) is 4.82. The lowest BCUT2D eigenvalue weighted by Crippen LogP contribution is -2.13. The van der Waals surface area contributed by atoms with Gasteiger partial charge in [0.05, 0.1) is 16.3 Å². The molecule has 1 aromatic heterocycles. The van der Waals surface area contributed by atoms with Gasteiger partial charge in [0.1, 0.15) is 0 Å². The SMILES string of the molecule is Cc1ccc(NC(=O)CSc2nc(-c3ccccc3)c(-c3ccccc3)s2)cc1Cl. The number of nitrogens with one attached hydrogen (secondary N) is 1. The Morgan fingerprint density at radius 3 is 2.33 bits per heavy atom. The lowest BCUT2D eigenvalue weighted by atomic mass is 10.1. The Labute approximate surface area is 189 Å². The van der Waals surface area contributed by atoms with Crippen molar-refractivity contribution in [2.75, 3.05) is 11.1 Å². The fourth-order valence-corrected chi connectivity index (χ4v) is 5.09. The summed E-state index contributed by atoms with van der Waals surface area (Å²) in [6.07, 6.45) is 0. The van der Waals surface area contributed by atoms with Gasteiger partial charge in [-0.2, -0.15) is 0 Å². The molecule has 1 amide bonds. The maximum Gasteiger partial charge on any atom is 0.234 e. The third kappa shape index (κ3) is 4.93. The van der Waals surface area contributed by atoms with Crippen LogP contribution in [0.1, 0.15) is 5.56 Å². The first-order valence-corrected chi connectivity index (χ1v) is 11.6. The summed E-state index contributed by atoms with van der Waals surface area (Å²) in [5.74, 6) is 0.194. The zero-order valence-electron chi connectivity index (χ0n) is 16.3. The van der Waals surface area contributed by atoms with Crippen molar-refractivity contribution in [3.05, 3.63) is 89.4 Å². The van der Waals surface area contributed by atoms with E-state index in [1.165, 1.54) is 11.8 Å². The monoisotopic (exact) mass is 450 g/mol. The number of carbonyl (C=O) groups excluding carboxylic acids is 1. The van der Waals surface area contributed by atoms with Crippen LogP contribution in [0.4, 0.5) is 5.69 Å². The van der Waals surface area contributed by atoms with Gasteiger partial charge in [0.25, 0.3) is 0 Å². The van der Waals surface area contributed by atoms with Gasteiger partial charge in [0, 0.05) is 16.3 Å². The number of hydrogen-bond donors (Lipinski definition) is 1. The molecular formula is C24H19ClN2OS2. The van der Waals surface area contributed by atoms with Gasteiger partial charge in [-0.25, -0.2) is 4.98 Å². The number of halogens is 1.